The molecule has 6 nitrogen and oxygen atoms in total. The molecular weight excluding hydrogens is 234 g/mol. The van der Waals surface area contributed by atoms with Crippen molar-refractivity contribution in [2.45, 2.75) is 26.9 Å². The van der Waals surface area contributed by atoms with Gasteiger partial charge in [-0.15, -0.1) is 0 Å². The van der Waals surface area contributed by atoms with Crippen LogP contribution in [0, 0.1) is 0 Å². The molecule has 96 valence electrons. The van der Waals surface area contributed by atoms with Gasteiger partial charge in [0.25, 0.3) is 0 Å². The van der Waals surface area contributed by atoms with Crippen molar-refractivity contribution < 1.29 is 23.1 Å². The predicted molar refractivity (Wildman–Crippen MR) is 59.8 cm³/mol. The van der Waals surface area contributed by atoms with Crippen molar-refractivity contribution in [3.8, 4) is 0 Å². The Balaban J connectivity index is 4.32. The van der Waals surface area contributed by atoms with E-state index in [2.05, 4.69) is 0 Å². The van der Waals surface area contributed by atoms with Gasteiger partial charge >= 0.3 is 5.97 Å². The molecule has 0 aromatic carbocycles. The number of sulfonamides is 1. The van der Waals surface area contributed by atoms with Crippen molar-refractivity contribution in [1.29, 1.82) is 0 Å². The Morgan fingerprint density at radius 1 is 1.44 bits per heavy atom. The standard InChI is InChI=1S/C9H19NO5S/c1-4-10(7-9(11)12)16(13,14)6-5-15-8(2)3/h8H,4-7H2,1-3H3,(H,11,12). The number of carboxylic acid groups (broad SMARTS) is 1. The van der Waals surface area contributed by atoms with Gasteiger partial charge < -0.3 is 9.84 Å². The lowest BCUT2D eigenvalue weighted by Gasteiger charge is -2.18. The molecule has 0 bridgehead atoms. The van der Waals surface area contributed by atoms with Crippen LogP contribution in [-0.2, 0) is 19.6 Å². The van der Waals surface area contributed by atoms with Crippen molar-refractivity contribution in [2.24, 2.45) is 0 Å². The molecule has 0 aliphatic rings. The van der Waals surface area contributed by atoms with Gasteiger partial charge in [0, 0.05) is 6.54 Å². The molecule has 0 saturated heterocycles. The Bertz CT molecular complexity index is 312. The molecule has 0 aliphatic heterocycles. The minimum absolute atomic E-state index is 0.0373. The van der Waals surface area contributed by atoms with Crippen LogP contribution in [0.4, 0.5) is 0 Å². The maximum Gasteiger partial charge on any atom is 0.318 e. The lowest BCUT2D eigenvalue weighted by Crippen LogP contribution is -2.38. The summed E-state index contributed by atoms with van der Waals surface area (Å²) in [7, 11) is -3.54. The molecule has 1 N–H and O–H groups in total. The van der Waals surface area contributed by atoms with Gasteiger partial charge in [-0.2, -0.15) is 4.31 Å². The summed E-state index contributed by atoms with van der Waals surface area (Å²) in [5, 5.41) is 8.55. The minimum atomic E-state index is -3.54. The summed E-state index contributed by atoms with van der Waals surface area (Å²) < 4.78 is 29.4. The van der Waals surface area contributed by atoms with Gasteiger partial charge in [-0.05, 0) is 13.8 Å². The zero-order valence-corrected chi connectivity index (χ0v) is 10.7. The number of rotatable bonds is 8. The first-order chi connectivity index (χ1) is 7.29. The van der Waals surface area contributed by atoms with E-state index in [0.717, 1.165) is 4.31 Å². The van der Waals surface area contributed by atoms with Gasteiger partial charge in [0.1, 0.15) is 6.54 Å². The highest BCUT2D eigenvalue weighted by Crippen LogP contribution is 2.02. The van der Waals surface area contributed by atoms with E-state index in [1.165, 1.54) is 0 Å². The predicted octanol–water partition coefficient (Wildman–Crippen LogP) is 0.148. The van der Waals surface area contributed by atoms with Gasteiger partial charge in [0.15, 0.2) is 0 Å². The maximum absolute atomic E-state index is 11.7. The number of likely N-dealkylation sites (N-methyl/N-ethyl adjacent to an activating group) is 1. The zero-order chi connectivity index (χ0) is 12.8. The Morgan fingerprint density at radius 2 is 2.00 bits per heavy atom. The molecule has 0 fully saturated rings. The molecule has 0 aliphatic carbocycles. The summed E-state index contributed by atoms with van der Waals surface area (Å²) >= 11 is 0. The van der Waals surface area contributed by atoms with Crippen LogP contribution < -0.4 is 0 Å². The molecule has 0 unspecified atom stereocenters. The second kappa shape index (κ2) is 6.82. The molecule has 0 atom stereocenters. The van der Waals surface area contributed by atoms with Gasteiger partial charge in [-0.3, -0.25) is 4.79 Å². The number of hydrogen-bond acceptors (Lipinski definition) is 4. The normalized spacial score (nSPS) is 12.3. The summed E-state index contributed by atoms with van der Waals surface area (Å²) in [5.41, 5.74) is 0. The van der Waals surface area contributed by atoms with Crippen molar-refractivity contribution in [3.05, 3.63) is 0 Å². The third kappa shape index (κ3) is 6.04. The lowest BCUT2D eigenvalue weighted by molar-refractivity contribution is -0.137. The highest BCUT2D eigenvalue weighted by atomic mass is 32.2. The molecule has 0 amide bonds. The monoisotopic (exact) mass is 253 g/mol. The number of aliphatic carboxylic acids is 1. The first kappa shape index (κ1) is 15.3. The summed E-state index contributed by atoms with van der Waals surface area (Å²) in [6.07, 6.45) is -0.0373. The van der Waals surface area contributed by atoms with Crippen molar-refractivity contribution >= 4 is 16.0 Å². The fourth-order valence-electron chi connectivity index (χ4n) is 1.08. The maximum atomic E-state index is 11.7. The Morgan fingerprint density at radius 3 is 2.38 bits per heavy atom. The smallest absolute Gasteiger partial charge is 0.318 e. The summed E-state index contributed by atoms with van der Waals surface area (Å²) in [5.74, 6) is -1.35. The summed E-state index contributed by atoms with van der Waals surface area (Å²) in [4.78, 5) is 10.5. The van der Waals surface area contributed by atoms with Crippen LogP contribution >= 0.6 is 0 Å². The zero-order valence-electron chi connectivity index (χ0n) is 9.84. The summed E-state index contributed by atoms with van der Waals surface area (Å²) in [6.45, 7) is 4.94. The first-order valence-corrected chi connectivity index (χ1v) is 6.71. The number of carbonyl (C=O) groups is 1. The van der Waals surface area contributed by atoms with E-state index < -0.39 is 22.5 Å². The minimum Gasteiger partial charge on any atom is -0.480 e. The molecule has 0 radical (unpaired) electrons. The first-order valence-electron chi connectivity index (χ1n) is 5.10. The van der Waals surface area contributed by atoms with Gasteiger partial charge in [0.05, 0.1) is 18.5 Å². The molecule has 0 saturated carbocycles. The van der Waals surface area contributed by atoms with Crippen LogP contribution in [0.3, 0.4) is 0 Å². The quantitative estimate of drug-likeness (QED) is 0.665. The molecular formula is C9H19NO5S. The molecule has 0 rings (SSSR count). The van der Waals surface area contributed by atoms with Crippen LogP contribution in [0.15, 0.2) is 0 Å². The Hall–Kier alpha value is -0.660. The van der Waals surface area contributed by atoms with E-state index in [9.17, 15) is 13.2 Å². The molecule has 16 heavy (non-hydrogen) atoms. The van der Waals surface area contributed by atoms with E-state index >= 15 is 0 Å². The fraction of sp³-hybridized carbons (Fsp3) is 0.889. The van der Waals surface area contributed by atoms with Crippen molar-refractivity contribution in [1.82, 2.24) is 4.31 Å². The van der Waals surface area contributed by atoms with Crippen LogP contribution in [-0.4, -0.2) is 55.4 Å². The highest BCUT2D eigenvalue weighted by molar-refractivity contribution is 7.89. The number of ether oxygens (including phenoxy) is 1. The number of carboxylic acids is 1. The summed E-state index contributed by atoms with van der Waals surface area (Å²) in [6, 6.07) is 0. The second-order valence-electron chi connectivity index (χ2n) is 3.56. The second-order valence-corrected chi connectivity index (χ2v) is 5.64. The van der Waals surface area contributed by atoms with Crippen LogP contribution in [0.5, 0.6) is 0 Å². The topological polar surface area (TPSA) is 83.9 Å². The van der Waals surface area contributed by atoms with E-state index in [1.807, 2.05) is 13.8 Å². The van der Waals surface area contributed by atoms with E-state index in [1.54, 1.807) is 6.92 Å². The van der Waals surface area contributed by atoms with E-state index in [0.29, 0.717) is 0 Å². The Labute approximate surface area is 96.2 Å². The van der Waals surface area contributed by atoms with Gasteiger partial charge in [-0.1, -0.05) is 6.92 Å². The lowest BCUT2D eigenvalue weighted by atomic mass is 10.5. The molecule has 0 aromatic heterocycles. The average Bonchev–Trinajstić information content (AvgIpc) is 2.12. The average molecular weight is 253 g/mol. The third-order valence-corrected chi connectivity index (χ3v) is 3.71. The van der Waals surface area contributed by atoms with Crippen molar-refractivity contribution in [3.63, 3.8) is 0 Å². The van der Waals surface area contributed by atoms with Crippen LogP contribution in [0.1, 0.15) is 20.8 Å². The van der Waals surface area contributed by atoms with E-state index in [-0.39, 0.29) is 25.0 Å². The molecule has 0 spiro atoms. The van der Waals surface area contributed by atoms with Crippen LogP contribution in [0.2, 0.25) is 0 Å². The molecule has 0 aromatic rings. The van der Waals surface area contributed by atoms with Gasteiger partial charge in [0.2, 0.25) is 10.0 Å². The number of hydrogen-bond donors (Lipinski definition) is 1. The highest BCUT2D eigenvalue weighted by Gasteiger charge is 2.22. The van der Waals surface area contributed by atoms with Gasteiger partial charge in [-0.25, -0.2) is 8.42 Å². The largest absolute Gasteiger partial charge is 0.480 e. The van der Waals surface area contributed by atoms with Crippen molar-refractivity contribution in [2.75, 3.05) is 25.4 Å². The third-order valence-electron chi connectivity index (χ3n) is 1.85. The van der Waals surface area contributed by atoms with Crippen LogP contribution in [0.25, 0.3) is 0 Å². The number of nitrogens with zero attached hydrogens (tertiary/aromatic N) is 1. The fourth-order valence-corrected chi connectivity index (χ4v) is 2.34. The Kier molecular flexibility index (Phi) is 6.54. The SMILES string of the molecule is CCN(CC(=O)O)S(=O)(=O)CCOC(C)C. The molecule has 0 heterocycles. The molecule has 7 heteroatoms. The van der Waals surface area contributed by atoms with E-state index in [4.69, 9.17) is 9.84 Å².